The molecule has 0 spiro atoms. The number of hydrogen-bond donors (Lipinski definition) is 1. The van der Waals surface area contributed by atoms with Crippen molar-refractivity contribution in [3.8, 4) is 0 Å². The van der Waals surface area contributed by atoms with Crippen LogP contribution in [-0.4, -0.2) is 47.6 Å². The molecular weight excluding hydrogens is 555 g/mol. The molecule has 0 saturated heterocycles. The quantitative estimate of drug-likeness (QED) is 0.225. The van der Waals surface area contributed by atoms with Gasteiger partial charge in [-0.05, 0) is 47.5 Å². The van der Waals surface area contributed by atoms with Crippen LogP contribution < -0.4 is 16.1 Å². The summed E-state index contributed by atoms with van der Waals surface area (Å²) in [4.78, 5) is 13.0. The molecule has 9 heteroatoms. The van der Waals surface area contributed by atoms with E-state index in [0.29, 0.717) is 0 Å². The molecule has 0 radical (unpaired) electrons. The lowest BCUT2D eigenvalue weighted by Gasteiger charge is -2.47. The second kappa shape index (κ2) is 12.4. The Morgan fingerprint density at radius 3 is 1.95 bits per heavy atom. The van der Waals surface area contributed by atoms with Crippen LogP contribution in [0.15, 0.2) is 101 Å². The van der Waals surface area contributed by atoms with E-state index in [1.807, 2.05) is 43.3 Å². The van der Waals surface area contributed by atoms with E-state index in [9.17, 15) is 13.2 Å². The lowest BCUT2D eigenvalue weighted by atomic mass is 9.91. The standard InChI is InChI=1S/C32H39NO6SSi/c1-6-37-31(34)24-21-28(38-40(35,36)25-19-17-23(2)18-20-25)30(33)29(22-24)39-41(32(3,4)5,26-13-9-7-10-14-26)27-15-11-8-12-16-27/h7-21,28-30H,6,22,33H2,1-5H3/t28-,29-,30-/m0/s1. The highest BCUT2D eigenvalue weighted by Gasteiger charge is 2.53. The Morgan fingerprint density at radius 1 is 0.927 bits per heavy atom. The van der Waals surface area contributed by atoms with E-state index in [1.165, 1.54) is 18.2 Å². The van der Waals surface area contributed by atoms with Crippen molar-refractivity contribution in [3.05, 3.63) is 102 Å². The van der Waals surface area contributed by atoms with Crippen molar-refractivity contribution < 1.29 is 26.6 Å². The van der Waals surface area contributed by atoms with Crippen LogP contribution in [0.3, 0.4) is 0 Å². The highest BCUT2D eigenvalue weighted by Crippen LogP contribution is 2.39. The van der Waals surface area contributed by atoms with E-state index in [-0.39, 0.29) is 28.5 Å². The second-order valence-electron chi connectivity index (χ2n) is 11.3. The minimum atomic E-state index is -4.19. The number of rotatable bonds is 9. The molecule has 1 aliphatic rings. The van der Waals surface area contributed by atoms with Crippen LogP contribution in [0.5, 0.6) is 0 Å². The van der Waals surface area contributed by atoms with Gasteiger partial charge in [-0.15, -0.1) is 0 Å². The van der Waals surface area contributed by atoms with Crippen molar-refractivity contribution >= 4 is 34.8 Å². The van der Waals surface area contributed by atoms with Gasteiger partial charge in [0.2, 0.25) is 0 Å². The van der Waals surface area contributed by atoms with Gasteiger partial charge in [-0.25, -0.2) is 4.79 Å². The summed E-state index contributed by atoms with van der Waals surface area (Å²) in [6, 6.07) is 25.6. The van der Waals surface area contributed by atoms with Crippen molar-refractivity contribution in [1.82, 2.24) is 0 Å². The molecule has 0 aromatic heterocycles. The molecule has 41 heavy (non-hydrogen) atoms. The summed E-state index contributed by atoms with van der Waals surface area (Å²) in [7, 11) is -7.28. The topological polar surface area (TPSA) is 105 Å². The molecule has 0 saturated carbocycles. The zero-order valence-corrected chi connectivity index (χ0v) is 26.1. The Morgan fingerprint density at radius 2 is 1.46 bits per heavy atom. The maximum Gasteiger partial charge on any atom is 0.333 e. The normalized spacial score (nSPS) is 19.9. The van der Waals surface area contributed by atoms with E-state index in [4.69, 9.17) is 19.1 Å². The van der Waals surface area contributed by atoms with Gasteiger partial charge in [-0.2, -0.15) is 8.42 Å². The van der Waals surface area contributed by atoms with Gasteiger partial charge in [-0.1, -0.05) is 99.1 Å². The smallest absolute Gasteiger partial charge is 0.333 e. The van der Waals surface area contributed by atoms with E-state index in [2.05, 4.69) is 45.0 Å². The zero-order chi connectivity index (χ0) is 29.8. The molecule has 0 heterocycles. The van der Waals surface area contributed by atoms with Gasteiger partial charge in [0.05, 0.1) is 23.6 Å². The average Bonchev–Trinajstić information content (AvgIpc) is 2.94. The number of carbonyl (C=O) groups is 1. The summed E-state index contributed by atoms with van der Waals surface area (Å²) in [5, 5.41) is 1.73. The summed E-state index contributed by atoms with van der Waals surface area (Å²) >= 11 is 0. The van der Waals surface area contributed by atoms with Gasteiger partial charge in [0, 0.05) is 12.0 Å². The first-order valence-electron chi connectivity index (χ1n) is 13.8. The van der Waals surface area contributed by atoms with Gasteiger partial charge < -0.3 is 14.9 Å². The van der Waals surface area contributed by atoms with Crippen LogP contribution in [0.2, 0.25) is 5.04 Å². The molecule has 3 aromatic rings. The summed E-state index contributed by atoms with van der Waals surface area (Å²) < 4.78 is 44.9. The summed E-state index contributed by atoms with van der Waals surface area (Å²) in [5.41, 5.74) is 7.98. The van der Waals surface area contributed by atoms with E-state index >= 15 is 0 Å². The Labute approximate surface area is 244 Å². The number of ether oxygens (including phenoxy) is 1. The molecule has 0 unspecified atom stereocenters. The number of aryl methyl sites for hydroxylation is 1. The summed E-state index contributed by atoms with van der Waals surface area (Å²) in [6.45, 7) is 10.2. The molecule has 3 atom stereocenters. The van der Waals surface area contributed by atoms with E-state index in [1.54, 1.807) is 19.1 Å². The zero-order valence-electron chi connectivity index (χ0n) is 24.2. The van der Waals surface area contributed by atoms with Crippen LogP contribution in [-0.2, 0) is 28.3 Å². The summed E-state index contributed by atoms with van der Waals surface area (Å²) in [6.07, 6.45) is -0.240. The highest BCUT2D eigenvalue weighted by molar-refractivity contribution is 7.86. The van der Waals surface area contributed by atoms with Gasteiger partial charge >= 0.3 is 5.97 Å². The van der Waals surface area contributed by atoms with Gasteiger partial charge in [-0.3, -0.25) is 4.18 Å². The molecule has 1 aliphatic carbocycles. The lowest BCUT2D eigenvalue weighted by Crippen LogP contribution is -2.69. The Bertz CT molecular complexity index is 1430. The molecule has 0 bridgehead atoms. The maximum atomic E-state index is 13.3. The molecular formula is C32H39NO6SSi. The molecule has 7 nitrogen and oxygen atoms in total. The predicted molar refractivity (Wildman–Crippen MR) is 163 cm³/mol. The molecule has 4 rings (SSSR count). The maximum absolute atomic E-state index is 13.3. The van der Waals surface area contributed by atoms with Crippen LogP contribution in [0.25, 0.3) is 0 Å². The Kier molecular flexibility index (Phi) is 9.35. The first kappa shape index (κ1) is 30.9. The monoisotopic (exact) mass is 593 g/mol. The number of hydrogen-bond acceptors (Lipinski definition) is 7. The molecule has 0 fully saturated rings. The molecule has 218 valence electrons. The minimum Gasteiger partial charge on any atom is -0.463 e. The van der Waals surface area contributed by atoms with Crippen molar-refractivity contribution in [3.63, 3.8) is 0 Å². The molecule has 3 aromatic carbocycles. The van der Waals surface area contributed by atoms with Gasteiger partial charge in [0.1, 0.15) is 6.10 Å². The summed E-state index contributed by atoms with van der Waals surface area (Å²) in [5.74, 6) is -0.545. The predicted octanol–water partition coefficient (Wildman–Crippen LogP) is 4.23. The number of esters is 1. The average molecular weight is 594 g/mol. The third-order valence-corrected chi connectivity index (χ3v) is 13.8. The fourth-order valence-electron chi connectivity index (χ4n) is 5.35. The highest BCUT2D eigenvalue weighted by atomic mass is 32.2. The second-order valence-corrected chi connectivity index (χ2v) is 17.2. The largest absolute Gasteiger partial charge is 0.463 e. The van der Waals surface area contributed by atoms with E-state index in [0.717, 1.165) is 15.9 Å². The van der Waals surface area contributed by atoms with Crippen LogP contribution in [0.4, 0.5) is 0 Å². The molecule has 0 aliphatic heterocycles. The fraction of sp³-hybridized carbons (Fsp3) is 0.344. The van der Waals surface area contributed by atoms with E-state index < -0.39 is 42.7 Å². The van der Waals surface area contributed by atoms with Gasteiger partial charge in [0.25, 0.3) is 18.4 Å². The fourth-order valence-corrected chi connectivity index (χ4v) is 11.1. The van der Waals surface area contributed by atoms with Gasteiger partial charge in [0.15, 0.2) is 0 Å². The van der Waals surface area contributed by atoms with Crippen LogP contribution >= 0.6 is 0 Å². The Balaban J connectivity index is 1.81. The Hall–Kier alpha value is -3.08. The number of carbonyl (C=O) groups excluding carboxylic acids is 1. The SMILES string of the molecule is CCOC(=O)C1=C[C@H](OS(=O)(=O)c2ccc(C)cc2)[C@H](N)[C@@H](O[Si](c2ccccc2)(c2ccccc2)C(C)(C)C)C1. The van der Waals surface area contributed by atoms with Crippen molar-refractivity contribution in [2.24, 2.45) is 5.73 Å². The van der Waals surface area contributed by atoms with Crippen molar-refractivity contribution in [2.45, 2.75) is 69.2 Å². The molecule has 2 N–H and O–H groups in total. The first-order valence-corrected chi connectivity index (χ1v) is 17.1. The third kappa shape index (κ3) is 6.55. The lowest BCUT2D eigenvalue weighted by molar-refractivity contribution is -0.139. The van der Waals surface area contributed by atoms with Crippen LogP contribution in [0.1, 0.15) is 39.7 Å². The molecule has 0 amide bonds. The number of nitrogens with two attached hydrogens (primary N) is 1. The first-order chi connectivity index (χ1) is 19.4. The van der Waals surface area contributed by atoms with Crippen molar-refractivity contribution in [1.29, 1.82) is 0 Å². The number of benzene rings is 3. The minimum absolute atomic E-state index is 0.0106. The van der Waals surface area contributed by atoms with Crippen molar-refractivity contribution in [2.75, 3.05) is 6.61 Å². The third-order valence-electron chi connectivity index (χ3n) is 7.43. The van der Waals surface area contributed by atoms with Crippen LogP contribution in [0, 0.1) is 6.92 Å².